The molecule has 0 radical (unpaired) electrons. The van der Waals surface area contributed by atoms with E-state index in [-0.39, 0.29) is 30.1 Å². The van der Waals surface area contributed by atoms with Gasteiger partial charge < -0.3 is 14.8 Å². The molecule has 3 rings (SSSR count). The molecule has 0 amide bonds. The molecule has 3 aliphatic rings. The molecule has 0 saturated carbocycles. The highest BCUT2D eigenvalue weighted by atomic mass is 16.6. The first-order valence-corrected chi connectivity index (χ1v) is 4.89. The molecule has 0 aromatic carbocycles. The van der Waals surface area contributed by atoms with Gasteiger partial charge >= 0.3 is 5.97 Å². The first-order valence-electron chi connectivity index (χ1n) is 4.89. The van der Waals surface area contributed by atoms with Crippen molar-refractivity contribution in [1.29, 1.82) is 0 Å². The highest BCUT2D eigenvalue weighted by Crippen LogP contribution is 2.42. The highest BCUT2D eigenvalue weighted by Gasteiger charge is 2.62. The summed E-state index contributed by atoms with van der Waals surface area (Å²) < 4.78 is 10.9. The van der Waals surface area contributed by atoms with Gasteiger partial charge in [0.05, 0.1) is 12.0 Å². The highest BCUT2D eigenvalue weighted by molar-refractivity contribution is 5.77. The number of fused-ring (bicyclic) bond motifs is 1. The lowest BCUT2D eigenvalue weighted by molar-refractivity contribution is -0.146. The van der Waals surface area contributed by atoms with Crippen LogP contribution < -0.4 is 5.32 Å². The predicted octanol–water partition coefficient (Wildman–Crippen LogP) is -0.323. The van der Waals surface area contributed by atoms with E-state index in [1.54, 1.807) is 0 Å². The second kappa shape index (κ2) is 2.45. The van der Waals surface area contributed by atoms with E-state index in [1.807, 2.05) is 6.92 Å². The lowest BCUT2D eigenvalue weighted by Crippen LogP contribution is -2.38. The lowest BCUT2D eigenvalue weighted by Gasteiger charge is -2.23. The van der Waals surface area contributed by atoms with Crippen LogP contribution in [0.25, 0.3) is 0 Å². The summed E-state index contributed by atoms with van der Waals surface area (Å²) >= 11 is 0. The van der Waals surface area contributed by atoms with Gasteiger partial charge in [-0.15, -0.1) is 0 Å². The monoisotopic (exact) mass is 183 g/mol. The minimum absolute atomic E-state index is 0.0174. The van der Waals surface area contributed by atoms with Crippen molar-refractivity contribution in [3.63, 3.8) is 0 Å². The van der Waals surface area contributed by atoms with Crippen LogP contribution in [0.15, 0.2) is 0 Å². The number of esters is 1. The van der Waals surface area contributed by atoms with Gasteiger partial charge in [0.15, 0.2) is 0 Å². The van der Waals surface area contributed by atoms with Crippen LogP contribution in [-0.2, 0) is 14.3 Å². The maximum atomic E-state index is 11.3. The molecule has 3 heterocycles. The summed E-state index contributed by atoms with van der Waals surface area (Å²) in [5.41, 5.74) is 0. The minimum Gasteiger partial charge on any atom is -0.458 e. The van der Waals surface area contributed by atoms with Crippen molar-refractivity contribution in [1.82, 2.24) is 5.32 Å². The SMILES string of the molecule is CCOC1C2CC3C(=O)OC1C3N2. The summed E-state index contributed by atoms with van der Waals surface area (Å²) in [4.78, 5) is 11.3. The van der Waals surface area contributed by atoms with Crippen LogP contribution in [0.2, 0.25) is 0 Å². The fourth-order valence-corrected chi connectivity index (χ4v) is 2.85. The fourth-order valence-electron chi connectivity index (χ4n) is 2.85. The Hall–Kier alpha value is -0.610. The van der Waals surface area contributed by atoms with Crippen LogP contribution in [0, 0.1) is 5.92 Å². The van der Waals surface area contributed by atoms with E-state index in [0.29, 0.717) is 12.6 Å². The second-order valence-electron chi connectivity index (χ2n) is 3.96. The molecule has 5 atom stereocenters. The van der Waals surface area contributed by atoms with Crippen molar-refractivity contribution in [2.45, 2.75) is 37.6 Å². The zero-order chi connectivity index (χ0) is 9.00. The third-order valence-corrected chi connectivity index (χ3v) is 3.34. The third kappa shape index (κ3) is 0.849. The Morgan fingerprint density at radius 1 is 1.69 bits per heavy atom. The molecule has 72 valence electrons. The van der Waals surface area contributed by atoms with Crippen LogP contribution >= 0.6 is 0 Å². The van der Waals surface area contributed by atoms with Crippen LogP contribution in [0.1, 0.15) is 13.3 Å². The topological polar surface area (TPSA) is 47.6 Å². The second-order valence-corrected chi connectivity index (χ2v) is 3.96. The Bertz CT molecular complexity index is 255. The first kappa shape index (κ1) is 7.76. The molecule has 3 aliphatic heterocycles. The van der Waals surface area contributed by atoms with Gasteiger partial charge in [-0.1, -0.05) is 0 Å². The smallest absolute Gasteiger partial charge is 0.311 e. The number of hydrogen-bond acceptors (Lipinski definition) is 4. The molecule has 0 spiro atoms. The maximum Gasteiger partial charge on any atom is 0.311 e. The number of carbonyl (C=O) groups excluding carboxylic acids is 1. The number of rotatable bonds is 2. The number of nitrogens with one attached hydrogen (secondary N) is 1. The predicted molar refractivity (Wildman–Crippen MR) is 44.1 cm³/mol. The molecule has 0 aromatic heterocycles. The molecule has 5 unspecified atom stereocenters. The summed E-state index contributed by atoms with van der Waals surface area (Å²) in [5.74, 6) is 0.0684. The number of hydrogen-bond donors (Lipinski definition) is 1. The van der Waals surface area contributed by atoms with Gasteiger partial charge in [-0.3, -0.25) is 4.79 Å². The Kier molecular flexibility index (Phi) is 1.46. The van der Waals surface area contributed by atoms with Crippen molar-refractivity contribution in [3.05, 3.63) is 0 Å². The Morgan fingerprint density at radius 2 is 2.54 bits per heavy atom. The molecular weight excluding hydrogens is 170 g/mol. The van der Waals surface area contributed by atoms with Gasteiger partial charge in [-0.25, -0.2) is 0 Å². The number of ether oxygens (including phenoxy) is 2. The van der Waals surface area contributed by atoms with Gasteiger partial charge in [-0.05, 0) is 13.3 Å². The first-order chi connectivity index (χ1) is 6.31. The van der Waals surface area contributed by atoms with Crippen LogP contribution in [0.4, 0.5) is 0 Å². The van der Waals surface area contributed by atoms with Crippen LogP contribution in [0.3, 0.4) is 0 Å². The molecule has 13 heavy (non-hydrogen) atoms. The Balaban J connectivity index is 1.86. The molecule has 2 bridgehead atoms. The van der Waals surface area contributed by atoms with Crippen molar-refractivity contribution in [2.24, 2.45) is 5.92 Å². The van der Waals surface area contributed by atoms with E-state index in [2.05, 4.69) is 5.32 Å². The van der Waals surface area contributed by atoms with Gasteiger partial charge in [0.25, 0.3) is 0 Å². The van der Waals surface area contributed by atoms with E-state index in [0.717, 1.165) is 6.42 Å². The van der Waals surface area contributed by atoms with Gasteiger partial charge in [0.1, 0.15) is 12.2 Å². The van der Waals surface area contributed by atoms with E-state index in [1.165, 1.54) is 0 Å². The molecular formula is C9H13NO3. The quantitative estimate of drug-likeness (QED) is 0.596. The Labute approximate surface area is 76.6 Å². The van der Waals surface area contributed by atoms with Crippen LogP contribution in [-0.4, -0.2) is 36.9 Å². The van der Waals surface area contributed by atoms with Crippen molar-refractivity contribution in [3.8, 4) is 0 Å². The summed E-state index contributed by atoms with van der Waals surface area (Å²) in [6.45, 7) is 2.66. The summed E-state index contributed by atoms with van der Waals surface area (Å²) in [5, 5.41) is 3.38. The zero-order valence-electron chi connectivity index (χ0n) is 7.53. The minimum atomic E-state index is -0.0350. The standard InChI is InChI=1S/C9H13NO3/c1-2-12-7-5-3-4-6(10-5)8(7)13-9(4)11/h4-8,10H,2-3H2,1H3. The van der Waals surface area contributed by atoms with E-state index in [9.17, 15) is 4.79 Å². The molecule has 0 aliphatic carbocycles. The van der Waals surface area contributed by atoms with Gasteiger partial charge in [0.2, 0.25) is 0 Å². The van der Waals surface area contributed by atoms with E-state index >= 15 is 0 Å². The van der Waals surface area contributed by atoms with Gasteiger partial charge in [0, 0.05) is 12.6 Å². The third-order valence-electron chi connectivity index (χ3n) is 3.34. The average molecular weight is 183 g/mol. The summed E-state index contributed by atoms with van der Waals surface area (Å²) in [6, 6.07) is 0.570. The van der Waals surface area contributed by atoms with Crippen molar-refractivity contribution < 1.29 is 14.3 Å². The fraction of sp³-hybridized carbons (Fsp3) is 0.889. The van der Waals surface area contributed by atoms with E-state index < -0.39 is 0 Å². The molecule has 0 aromatic rings. The zero-order valence-corrected chi connectivity index (χ0v) is 7.53. The van der Waals surface area contributed by atoms with Crippen molar-refractivity contribution in [2.75, 3.05) is 6.61 Å². The molecule has 4 nitrogen and oxygen atoms in total. The van der Waals surface area contributed by atoms with Crippen LogP contribution in [0.5, 0.6) is 0 Å². The van der Waals surface area contributed by atoms with Crippen molar-refractivity contribution >= 4 is 5.97 Å². The largest absolute Gasteiger partial charge is 0.458 e. The normalized spacial score (nSPS) is 51.5. The molecule has 3 fully saturated rings. The molecule has 4 heteroatoms. The summed E-state index contributed by atoms with van der Waals surface area (Å²) in [7, 11) is 0. The summed E-state index contributed by atoms with van der Waals surface area (Å²) in [6.07, 6.45) is 0.971. The number of carbonyl (C=O) groups is 1. The van der Waals surface area contributed by atoms with E-state index in [4.69, 9.17) is 9.47 Å². The molecule has 1 N–H and O–H groups in total. The lowest BCUT2D eigenvalue weighted by atomic mass is 9.88. The van der Waals surface area contributed by atoms with Gasteiger partial charge in [-0.2, -0.15) is 0 Å². The Morgan fingerprint density at radius 3 is 3.31 bits per heavy atom. The average Bonchev–Trinajstić information content (AvgIpc) is 2.69. The molecule has 3 saturated heterocycles. The maximum absolute atomic E-state index is 11.3.